The number of benzene rings is 2. The zero-order valence-corrected chi connectivity index (χ0v) is 13.7. The van der Waals surface area contributed by atoms with E-state index < -0.39 is 0 Å². The number of hydrogen-bond donors (Lipinski definition) is 0. The molecule has 104 valence electrons. The average molecular weight is 330 g/mol. The van der Waals surface area contributed by atoms with Crippen molar-refractivity contribution in [2.24, 2.45) is 0 Å². The molecule has 1 aliphatic rings. The van der Waals surface area contributed by atoms with Gasteiger partial charge in [0.15, 0.2) is 0 Å². The van der Waals surface area contributed by atoms with E-state index in [2.05, 4.69) is 77.1 Å². The quantitative estimate of drug-likeness (QED) is 0.744. The van der Waals surface area contributed by atoms with Crippen molar-refractivity contribution < 1.29 is 0 Å². The third kappa shape index (κ3) is 2.62. The zero-order chi connectivity index (χ0) is 14.1. The van der Waals surface area contributed by atoms with Gasteiger partial charge in [-0.1, -0.05) is 40.2 Å². The van der Waals surface area contributed by atoms with Crippen LogP contribution in [-0.2, 0) is 0 Å². The molecule has 3 rings (SSSR count). The van der Waals surface area contributed by atoms with Gasteiger partial charge in [-0.3, -0.25) is 0 Å². The van der Waals surface area contributed by atoms with Crippen LogP contribution in [0.5, 0.6) is 0 Å². The molecule has 2 aromatic carbocycles. The first-order valence-corrected chi connectivity index (χ1v) is 8.01. The Balaban J connectivity index is 1.80. The summed E-state index contributed by atoms with van der Waals surface area (Å²) in [5.74, 6) is 0.656. The second-order valence-electron chi connectivity index (χ2n) is 5.70. The van der Waals surface area contributed by atoms with Gasteiger partial charge in [0, 0.05) is 29.2 Å². The van der Waals surface area contributed by atoms with Gasteiger partial charge in [-0.2, -0.15) is 0 Å². The summed E-state index contributed by atoms with van der Waals surface area (Å²) in [4.78, 5) is 2.54. The second kappa shape index (κ2) is 5.61. The van der Waals surface area contributed by atoms with Crippen molar-refractivity contribution in [1.82, 2.24) is 0 Å². The summed E-state index contributed by atoms with van der Waals surface area (Å²) >= 11 is 3.51. The Kier molecular flexibility index (Phi) is 3.84. The molecule has 20 heavy (non-hydrogen) atoms. The molecule has 1 heterocycles. The summed E-state index contributed by atoms with van der Waals surface area (Å²) in [6, 6.07) is 15.4. The molecule has 0 radical (unpaired) electrons. The first-order chi connectivity index (χ1) is 9.65. The molecular formula is C18H20BrN. The Morgan fingerprint density at radius 1 is 1.05 bits per heavy atom. The highest BCUT2D eigenvalue weighted by Gasteiger charge is 2.24. The summed E-state index contributed by atoms with van der Waals surface area (Å²) in [5, 5.41) is 0. The Labute approximate surface area is 129 Å². The maximum Gasteiger partial charge on any atom is 0.0398 e. The Morgan fingerprint density at radius 3 is 2.55 bits per heavy atom. The van der Waals surface area contributed by atoms with Crippen LogP contribution < -0.4 is 4.90 Å². The second-order valence-corrected chi connectivity index (χ2v) is 6.62. The fourth-order valence-corrected chi connectivity index (χ4v) is 3.33. The van der Waals surface area contributed by atoms with E-state index in [0.29, 0.717) is 5.92 Å². The minimum absolute atomic E-state index is 0.656. The summed E-state index contributed by atoms with van der Waals surface area (Å²) in [7, 11) is 0. The van der Waals surface area contributed by atoms with E-state index in [1.54, 1.807) is 0 Å². The molecule has 0 N–H and O–H groups in total. The lowest BCUT2D eigenvalue weighted by molar-refractivity contribution is 0.775. The fourth-order valence-electron chi connectivity index (χ4n) is 3.06. The lowest BCUT2D eigenvalue weighted by Crippen LogP contribution is -2.20. The predicted octanol–water partition coefficient (Wildman–Crippen LogP) is 5.06. The topological polar surface area (TPSA) is 3.24 Å². The van der Waals surface area contributed by atoms with Crippen LogP contribution >= 0.6 is 15.9 Å². The molecule has 1 nitrogen and oxygen atoms in total. The van der Waals surface area contributed by atoms with Crippen molar-refractivity contribution in [2.45, 2.75) is 26.2 Å². The molecule has 0 amide bonds. The summed E-state index contributed by atoms with van der Waals surface area (Å²) in [5.41, 5.74) is 5.67. The molecule has 1 atom stereocenters. The van der Waals surface area contributed by atoms with Crippen molar-refractivity contribution in [2.75, 3.05) is 18.0 Å². The molecule has 0 saturated carbocycles. The van der Waals surface area contributed by atoms with Crippen molar-refractivity contribution in [3.05, 3.63) is 63.6 Å². The first-order valence-electron chi connectivity index (χ1n) is 7.22. The summed E-state index contributed by atoms with van der Waals surface area (Å²) in [6.45, 7) is 6.72. The number of hydrogen-bond acceptors (Lipinski definition) is 1. The monoisotopic (exact) mass is 329 g/mol. The number of nitrogens with zero attached hydrogens (tertiary/aromatic N) is 1. The molecule has 0 spiro atoms. The van der Waals surface area contributed by atoms with Gasteiger partial charge >= 0.3 is 0 Å². The molecule has 1 saturated heterocycles. The lowest BCUT2D eigenvalue weighted by Gasteiger charge is -2.22. The SMILES string of the molecule is Cc1cccc(N2CCC(c3ccc(Br)cc3)C2)c1C. The summed E-state index contributed by atoms with van der Waals surface area (Å²) < 4.78 is 1.16. The van der Waals surface area contributed by atoms with Crippen molar-refractivity contribution in [3.63, 3.8) is 0 Å². The van der Waals surface area contributed by atoms with Crippen molar-refractivity contribution >= 4 is 21.6 Å². The third-order valence-electron chi connectivity index (χ3n) is 4.45. The van der Waals surface area contributed by atoms with Gasteiger partial charge in [0.1, 0.15) is 0 Å². The Morgan fingerprint density at radius 2 is 1.80 bits per heavy atom. The van der Waals surface area contributed by atoms with Crippen molar-refractivity contribution in [1.29, 1.82) is 0 Å². The minimum atomic E-state index is 0.656. The molecule has 2 aromatic rings. The van der Waals surface area contributed by atoms with Gasteiger partial charge in [0.25, 0.3) is 0 Å². The van der Waals surface area contributed by atoms with E-state index in [1.165, 1.54) is 28.8 Å². The maximum atomic E-state index is 3.51. The molecule has 0 bridgehead atoms. The van der Waals surface area contributed by atoms with Crippen LogP contribution in [0.3, 0.4) is 0 Å². The normalized spacial score (nSPS) is 18.6. The molecule has 0 aliphatic carbocycles. The Hall–Kier alpha value is -1.28. The van der Waals surface area contributed by atoms with E-state index in [1.807, 2.05) is 0 Å². The highest BCUT2D eigenvalue weighted by Crippen LogP contribution is 2.33. The third-order valence-corrected chi connectivity index (χ3v) is 4.98. The van der Waals surface area contributed by atoms with Gasteiger partial charge in [-0.15, -0.1) is 0 Å². The van der Waals surface area contributed by atoms with Crippen LogP contribution in [-0.4, -0.2) is 13.1 Å². The molecular weight excluding hydrogens is 310 g/mol. The van der Waals surface area contributed by atoms with E-state index in [-0.39, 0.29) is 0 Å². The molecule has 0 aromatic heterocycles. The molecule has 2 heteroatoms. The number of aryl methyl sites for hydroxylation is 1. The largest absolute Gasteiger partial charge is 0.371 e. The van der Waals surface area contributed by atoms with Crippen LogP contribution in [0.2, 0.25) is 0 Å². The van der Waals surface area contributed by atoms with E-state index in [0.717, 1.165) is 17.6 Å². The van der Waals surface area contributed by atoms with Gasteiger partial charge < -0.3 is 4.90 Å². The smallest absolute Gasteiger partial charge is 0.0398 e. The fraction of sp³-hybridized carbons (Fsp3) is 0.333. The van der Waals surface area contributed by atoms with Gasteiger partial charge in [0.05, 0.1) is 0 Å². The van der Waals surface area contributed by atoms with Gasteiger partial charge in [0.2, 0.25) is 0 Å². The van der Waals surface area contributed by atoms with Crippen LogP contribution in [0, 0.1) is 13.8 Å². The van der Waals surface area contributed by atoms with Crippen LogP contribution in [0.4, 0.5) is 5.69 Å². The van der Waals surface area contributed by atoms with Crippen LogP contribution in [0.1, 0.15) is 29.0 Å². The first kappa shape index (κ1) is 13.7. The van der Waals surface area contributed by atoms with Crippen molar-refractivity contribution in [3.8, 4) is 0 Å². The van der Waals surface area contributed by atoms with Crippen LogP contribution in [0.15, 0.2) is 46.9 Å². The Bertz CT molecular complexity index is 603. The van der Waals surface area contributed by atoms with Gasteiger partial charge in [-0.25, -0.2) is 0 Å². The minimum Gasteiger partial charge on any atom is -0.371 e. The number of rotatable bonds is 2. The lowest BCUT2D eigenvalue weighted by atomic mass is 9.99. The summed E-state index contributed by atoms with van der Waals surface area (Å²) in [6.07, 6.45) is 1.25. The standard InChI is InChI=1S/C18H20BrN/c1-13-4-3-5-18(14(13)2)20-11-10-16(12-20)15-6-8-17(19)9-7-15/h3-9,16H,10-12H2,1-2H3. The highest BCUT2D eigenvalue weighted by molar-refractivity contribution is 9.10. The molecule has 1 unspecified atom stereocenters. The molecule has 1 fully saturated rings. The van der Waals surface area contributed by atoms with Gasteiger partial charge in [-0.05, 0) is 55.2 Å². The van der Waals surface area contributed by atoms with E-state index in [4.69, 9.17) is 0 Å². The average Bonchev–Trinajstić information content (AvgIpc) is 2.92. The maximum absolute atomic E-state index is 3.51. The van der Waals surface area contributed by atoms with Crippen LogP contribution in [0.25, 0.3) is 0 Å². The number of halogens is 1. The van der Waals surface area contributed by atoms with E-state index >= 15 is 0 Å². The highest BCUT2D eigenvalue weighted by atomic mass is 79.9. The zero-order valence-electron chi connectivity index (χ0n) is 12.1. The predicted molar refractivity (Wildman–Crippen MR) is 89.6 cm³/mol. The number of anilines is 1. The molecule has 1 aliphatic heterocycles. The van der Waals surface area contributed by atoms with E-state index in [9.17, 15) is 0 Å².